The van der Waals surface area contributed by atoms with E-state index in [2.05, 4.69) is 0 Å². The second-order valence-corrected chi connectivity index (χ2v) is 7.93. The first-order valence-electron chi connectivity index (χ1n) is 9.01. The Morgan fingerprint density at radius 2 is 1.79 bits per heavy atom. The number of carbonyl (C=O) groups excluding carboxylic acids is 2. The summed E-state index contributed by atoms with van der Waals surface area (Å²) in [5.74, 6) is -1.25. The van der Waals surface area contributed by atoms with Crippen molar-refractivity contribution in [3.8, 4) is 0 Å². The Labute approximate surface area is 168 Å². The van der Waals surface area contributed by atoms with Crippen molar-refractivity contribution in [2.24, 2.45) is 0 Å². The molecule has 0 aliphatic carbocycles. The number of benzene rings is 2. The van der Waals surface area contributed by atoms with Crippen LogP contribution in [0.2, 0.25) is 0 Å². The number of hydrogen-bond donors (Lipinski definition) is 0. The fourth-order valence-corrected chi connectivity index (χ4v) is 3.42. The molecular formula is C21H22ClFN2O3. The van der Waals surface area contributed by atoms with E-state index in [9.17, 15) is 14.0 Å². The molecule has 2 amide bonds. The van der Waals surface area contributed by atoms with Crippen molar-refractivity contribution in [2.45, 2.75) is 38.8 Å². The SMILES string of the molecule is CC(C)(C)OC(=O)N1CCc2ccccc2[C@H]1C(=O)N(Cl)c1ccccc1F. The highest BCUT2D eigenvalue weighted by molar-refractivity contribution is 6.37. The number of amides is 2. The van der Waals surface area contributed by atoms with Gasteiger partial charge in [-0.05, 0) is 50.5 Å². The van der Waals surface area contributed by atoms with Crippen molar-refractivity contribution < 1.29 is 18.7 Å². The average Bonchev–Trinajstić information content (AvgIpc) is 2.65. The number of para-hydroxylation sites is 1. The number of nitrogens with zero attached hydrogens (tertiary/aromatic N) is 2. The molecule has 0 bridgehead atoms. The van der Waals surface area contributed by atoms with Crippen LogP contribution in [0.5, 0.6) is 0 Å². The van der Waals surface area contributed by atoms with Gasteiger partial charge in [0.2, 0.25) is 0 Å². The highest BCUT2D eigenvalue weighted by Gasteiger charge is 2.40. The number of ether oxygens (including phenoxy) is 1. The van der Waals surface area contributed by atoms with Gasteiger partial charge in [-0.25, -0.2) is 13.6 Å². The third kappa shape index (κ3) is 4.12. The maximum absolute atomic E-state index is 14.2. The molecule has 28 heavy (non-hydrogen) atoms. The fourth-order valence-electron chi connectivity index (χ4n) is 3.19. The zero-order chi connectivity index (χ0) is 20.5. The molecule has 0 aromatic heterocycles. The van der Waals surface area contributed by atoms with Gasteiger partial charge in [0.15, 0.2) is 0 Å². The van der Waals surface area contributed by atoms with E-state index in [0.717, 1.165) is 9.98 Å². The second kappa shape index (κ2) is 7.80. The first-order valence-corrected chi connectivity index (χ1v) is 9.34. The van der Waals surface area contributed by atoms with E-state index in [-0.39, 0.29) is 5.69 Å². The van der Waals surface area contributed by atoms with Crippen LogP contribution in [0.25, 0.3) is 0 Å². The Morgan fingerprint density at radius 3 is 2.46 bits per heavy atom. The summed E-state index contributed by atoms with van der Waals surface area (Å²) in [4.78, 5) is 27.4. The van der Waals surface area contributed by atoms with Crippen molar-refractivity contribution in [3.63, 3.8) is 0 Å². The zero-order valence-corrected chi connectivity index (χ0v) is 16.7. The van der Waals surface area contributed by atoms with Gasteiger partial charge < -0.3 is 4.74 Å². The molecule has 0 unspecified atom stereocenters. The molecule has 7 heteroatoms. The Kier molecular flexibility index (Phi) is 5.61. The smallest absolute Gasteiger partial charge is 0.411 e. The lowest BCUT2D eigenvalue weighted by Gasteiger charge is -2.38. The first-order chi connectivity index (χ1) is 13.2. The topological polar surface area (TPSA) is 49.9 Å². The van der Waals surface area contributed by atoms with E-state index in [1.807, 2.05) is 12.1 Å². The highest BCUT2D eigenvalue weighted by atomic mass is 35.5. The molecule has 0 spiro atoms. The van der Waals surface area contributed by atoms with Gasteiger partial charge in [0.05, 0.1) is 5.69 Å². The summed E-state index contributed by atoms with van der Waals surface area (Å²) < 4.78 is 20.4. The van der Waals surface area contributed by atoms with Crippen LogP contribution in [0.15, 0.2) is 48.5 Å². The van der Waals surface area contributed by atoms with Gasteiger partial charge in [0.1, 0.15) is 17.5 Å². The predicted octanol–water partition coefficient (Wildman–Crippen LogP) is 4.85. The normalized spacial score (nSPS) is 16.3. The number of hydrogen-bond acceptors (Lipinski definition) is 3. The molecule has 0 saturated carbocycles. The van der Waals surface area contributed by atoms with Crippen LogP contribution in [0.1, 0.15) is 37.9 Å². The van der Waals surface area contributed by atoms with Crippen molar-refractivity contribution in [1.29, 1.82) is 0 Å². The summed E-state index contributed by atoms with van der Waals surface area (Å²) in [5, 5.41) is 0. The molecule has 1 aliphatic rings. The van der Waals surface area contributed by atoms with Gasteiger partial charge in [-0.1, -0.05) is 36.4 Å². The maximum Gasteiger partial charge on any atom is 0.411 e. The molecule has 1 heterocycles. The summed E-state index contributed by atoms with van der Waals surface area (Å²) in [6.45, 7) is 5.57. The lowest BCUT2D eigenvalue weighted by Crippen LogP contribution is -2.48. The summed E-state index contributed by atoms with van der Waals surface area (Å²) in [5.41, 5.74) is 0.820. The lowest BCUT2D eigenvalue weighted by molar-refractivity contribution is -0.123. The van der Waals surface area contributed by atoms with Crippen molar-refractivity contribution >= 4 is 29.5 Å². The van der Waals surface area contributed by atoms with E-state index >= 15 is 0 Å². The van der Waals surface area contributed by atoms with Crippen LogP contribution in [-0.2, 0) is 16.0 Å². The van der Waals surface area contributed by atoms with Gasteiger partial charge in [-0.15, -0.1) is 0 Å². The summed E-state index contributed by atoms with van der Waals surface area (Å²) in [6, 6.07) is 12.1. The van der Waals surface area contributed by atoms with Crippen molar-refractivity contribution in [1.82, 2.24) is 4.90 Å². The molecule has 2 aromatic rings. The molecule has 148 valence electrons. The molecule has 0 radical (unpaired) electrons. The molecule has 3 rings (SSSR count). The number of halogens is 2. The number of rotatable bonds is 2. The third-order valence-corrected chi connectivity index (χ3v) is 4.75. The number of anilines is 1. The first kappa shape index (κ1) is 20.1. The van der Waals surface area contributed by atoms with Crippen LogP contribution >= 0.6 is 11.8 Å². The largest absolute Gasteiger partial charge is 0.444 e. The summed E-state index contributed by atoms with van der Waals surface area (Å²) in [7, 11) is 0. The molecule has 2 aromatic carbocycles. The van der Waals surface area contributed by atoms with E-state index < -0.39 is 29.5 Å². The summed E-state index contributed by atoms with van der Waals surface area (Å²) >= 11 is 6.23. The summed E-state index contributed by atoms with van der Waals surface area (Å²) in [6.07, 6.45) is -0.0276. The van der Waals surface area contributed by atoms with Crippen LogP contribution in [0.3, 0.4) is 0 Å². The van der Waals surface area contributed by atoms with Crippen molar-refractivity contribution in [2.75, 3.05) is 11.0 Å². The molecule has 1 atom stereocenters. The molecule has 1 aliphatic heterocycles. The van der Waals surface area contributed by atoms with Crippen molar-refractivity contribution in [3.05, 3.63) is 65.5 Å². The molecule has 5 nitrogen and oxygen atoms in total. The number of carbonyl (C=O) groups is 2. The highest BCUT2D eigenvalue weighted by Crippen LogP contribution is 2.35. The fraction of sp³-hybridized carbons (Fsp3) is 0.333. The Morgan fingerprint density at radius 1 is 1.14 bits per heavy atom. The number of fused-ring (bicyclic) bond motifs is 1. The van der Waals surface area contributed by atoms with Crippen LogP contribution < -0.4 is 4.42 Å². The molecular weight excluding hydrogens is 383 g/mol. The monoisotopic (exact) mass is 404 g/mol. The van der Waals surface area contributed by atoms with E-state index in [4.69, 9.17) is 16.5 Å². The van der Waals surface area contributed by atoms with Crippen LogP contribution in [0, 0.1) is 5.82 Å². The van der Waals surface area contributed by atoms with Crippen LogP contribution in [0.4, 0.5) is 14.9 Å². The van der Waals surface area contributed by atoms with Crippen LogP contribution in [-0.4, -0.2) is 29.0 Å². The predicted molar refractivity (Wildman–Crippen MR) is 106 cm³/mol. The Balaban J connectivity index is 2.00. The standard InChI is InChI=1S/C21H22ClFN2O3/c1-21(2,3)28-20(27)24-13-12-14-8-4-5-9-15(14)18(24)19(26)25(22)17-11-7-6-10-16(17)23/h4-11,18H,12-13H2,1-3H3/t18-/m0/s1. The molecule has 0 N–H and O–H groups in total. The Bertz CT molecular complexity index is 897. The Hall–Kier alpha value is -2.60. The average molecular weight is 405 g/mol. The zero-order valence-electron chi connectivity index (χ0n) is 16.0. The van der Waals surface area contributed by atoms with Gasteiger partial charge in [0.25, 0.3) is 5.91 Å². The van der Waals surface area contributed by atoms with Gasteiger partial charge in [-0.3, -0.25) is 9.69 Å². The van der Waals surface area contributed by atoms with E-state index in [1.54, 1.807) is 39.0 Å². The second-order valence-electron chi connectivity index (χ2n) is 7.60. The minimum absolute atomic E-state index is 0.0682. The molecule has 0 fully saturated rings. The minimum Gasteiger partial charge on any atom is -0.444 e. The lowest BCUT2D eigenvalue weighted by atomic mass is 9.92. The van der Waals surface area contributed by atoms with Gasteiger partial charge in [0, 0.05) is 18.3 Å². The maximum atomic E-state index is 14.2. The van der Waals surface area contributed by atoms with Gasteiger partial charge >= 0.3 is 6.09 Å². The molecule has 0 saturated heterocycles. The van der Waals surface area contributed by atoms with E-state index in [0.29, 0.717) is 18.5 Å². The quantitative estimate of drug-likeness (QED) is 0.672. The minimum atomic E-state index is -1.00. The van der Waals surface area contributed by atoms with E-state index in [1.165, 1.54) is 23.1 Å². The third-order valence-electron chi connectivity index (χ3n) is 4.40. The van der Waals surface area contributed by atoms with Gasteiger partial charge in [-0.2, -0.15) is 0 Å².